The number of aliphatic carboxylic acids is 1. The van der Waals surface area contributed by atoms with Crippen molar-refractivity contribution < 1.29 is 14.7 Å². The van der Waals surface area contributed by atoms with Gasteiger partial charge in [-0.3, -0.25) is 14.4 Å². The Balaban J connectivity index is 2.40. The van der Waals surface area contributed by atoms with E-state index in [9.17, 15) is 14.4 Å². The zero-order valence-corrected chi connectivity index (χ0v) is 15.5. The molecule has 2 heterocycles. The van der Waals surface area contributed by atoms with Crippen molar-refractivity contribution in [2.24, 2.45) is 7.05 Å². The average Bonchev–Trinajstić information content (AvgIpc) is 2.86. The first-order chi connectivity index (χ1) is 11.6. The summed E-state index contributed by atoms with van der Waals surface area (Å²) >= 11 is 1.12. The summed E-state index contributed by atoms with van der Waals surface area (Å²) in [7, 11) is 1.57. The number of nitrogens with zero attached hydrogens (tertiary/aromatic N) is 3. The van der Waals surface area contributed by atoms with Gasteiger partial charge < -0.3 is 10.4 Å². The largest absolute Gasteiger partial charge is 0.481 e. The van der Waals surface area contributed by atoms with Crippen LogP contribution in [-0.4, -0.2) is 37.8 Å². The zero-order chi connectivity index (χ0) is 18.9. The third-order valence-corrected chi connectivity index (χ3v) is 4.97. The van der Waals surface area contributed by atoms with Gasteiger partial charge in [-0.1, -0.05) is 0 Å². The van der Waals surface area contributed by atoms with Crippen LogP contribution in [0, 0.1) is 20.8 Å². The minimum absolute atomic E-state index is 0.167. The van der Waals surface area contributed by atoms with E-state index in [-0.39, 0.29) is 12.0 Å². The topological polar surface area (TPSA) is 114 Å². The summed E-state index contributed by atoms with van der Waals surface area (Å²) in [4.78, 5) is 40.3. The van der Waals surface area contributed by atoms with Gasteiger partial charge >= 0.3 is 5.97 Å². The van der Waals surface area contributed by atoms with Gasteiger partial charge in [-0.25, -0.2) is 9.67 Å². The van der Waals surface area contributed by atoms with E-state index >= 15 is 0 Å². The number of nitrogens with one attached hydrogen (secondary N) is 1. The van der Waals surface area contributed by atoms with Crippen LogP contribution < -0.4 is 10.9 Å². The summed E-state index contributed by atoms with van der Waals surface area (Å²) in [6.07, 6.45) is -0.167. The first-order valence-corrected chi connectivity index (χ1v) is 8.48. The Labute approximate surface area is 148 Å². The molecule has 0 aliphatic rings. The summed E-state index contributed by atoms with van der Waals surface area (Å²) in [5.74, 6) is -1.38. The van der Waals surface area contributed by atoms with Crippen LogP contribution in [0.1, 0.15) is 40.0 Å². The molecule has 2 aromatic heterocycles. The third-order valence-electron chi connectivity index (χ3n) is 3.80. The molecule has 134 valence electrons. The molecule has 2 N–H and O–H groups in total. The Bertz CT molecular complexity index is 900. The number of carbonyl (C=O) groups is 2. The monoisotopic (exact) mass is 364 g/mol. The Kier molecular flexibility index (Phi) is 5.36. The first kappa shape index (κ1) is 18.8. The lowest BCUT2D eigenvalue weighted by Crippen LogP contribution is -2.34. The highest BCUT2D eigenvalue weighted by molar-refractivity contribution is 7.17. The fourth-order valence-corrected chi connectivity index (χ4v) is 3.48. The van der Waals surface area contributed by atoms with Crippen molar-refractivity contribution in [2.75, 3.05) is 0 Å². The molecule has 0 radical (unpaired) electrons. The first-order valence-electron chi connectivity index (χ1n) is 7.66. The quantitative estimate of drug-likeness (QED) is 0.829. The smallest absolute Gasteiger partial charge is 0.305 e. The van der Waals surface area contributed by atoms with Crippen molar-refractivity contribution >= 4 is 23.2 Å². The normalized spacial score (nSPS) is 12.0. The number of aromatic nitrogens is 3. The molecule has 0 saturated heterocycles. The second-order valence-electron chi connectivity index (χ2n) is 5.92. The molecular formula is C16H20N4O4S. The van der Waals surface area contributed by atoms with E-state index in [1.165, 1.54) is 4.68 Å². The molecule has 25 heavy (non-hydrogen) atoms. The molecule has 9 heteroatoms. The molecule has 0 bridgehead atoms. The van der Waals surface area contributed by atoms with Crippen LogP contribution in [-0.2, 0) is 11.8 Å². The molecule has 1 atom stereocenters. The van der Waals surface area contributed by atoms with Gasteiger partial charge in [0.25, 0.3) is 11.5 Å². The van der Waals surface area contributed by atoms with Gasteiger partial charge in [-0.2, -0.15) is 5.10 Å². The van der Waals surface area contributed by atoms with Gasteiger partial charge in [0, 0.05) is 13.1 Å². The van der Waals surface area contributed by atoms with Gasteiger partial charge in [0.05, 0.1) is 23.4 Å². The zero-order valence-electron chi connectivity index (χ0n) is 14.7. The van der Waals surface area contributed by atoms with Crippen LogP contribution in [0.2, 0.25) is 0 Å². The molecule has 0 aromatic carbocycles. The average molecular weight is 364 g/mol. The van der Waals surface area contributed by atoms with Crippen molar-refractivity contribution in [3.63, 3.8) is 0 Å². The maximum atomic E-state index is 12.4. The van der Waals surface area contributed by atoms with E-state index in [1.807, 2.05) is 0 Å². The van der Waals surface area contributed by atoms with Gasteiger partial charge in [-0.05, 0) is 33.3 Å². The maximum absolute atomic E-state index is 12.4. The lowest BCUT2D eigenvalue weighted by Gasteiger charge is -2.10. The molecule has 0 fully saturated rings. The third kappa shape index (κ3) is 3.93. The number of hydrogen-bond acceptors (Lipinski definition) is 6. The van der Waals surface area contributed by atoms with Gasteiger partial charge in [0.1, 0.15) is 9.88 Å². The number of aryl methyl sites for hydroxylation is 3. The lowest BCUT2D eigenvalue weighted by atomic mass is 10.1. The van der Waals surface area contributed by atoms with Crippen LogP contribution in [0.5, 0.6) is 0 Å². The van der Waals surface area contributed by atoms with Crippen molar-refractivity contribution in [3.8, 4) is 10.6 Å². The number of amides is 1. The van der Waals surface area contributed by atoms with Crippen molar-refractivity contribution in [3.05, 3.63) is 32.2 Å². The van der Waals surface area contributed by atoms with Gasteiger partial charge in [0.15, 0.2) is 0 Å². The highest BCUT2D eigenvalue weighted by atomic mass is 32.1. The Morgan fingerprint density at radius 3 is 2.52 bits per heavy atom. The number of carboxylic acid groups (broad SMARTS) is 1. The van der Waals surface area contributed by atoms with Crippen molar-refractivity contribution in [2.45, 2.75) is 40.2 Å². The van der Waals surface area contributed by atoms with E-state index in [0.29, 0.717) is 26.8 Å². The molecule has 8 nitrogen and oxygen atoms in total. The van der Waals surface area contributed by atoms with E-state index in [0.717, 1.165) is 16.9 Å². The minimum Gasteiger partial charge on any atom is -0.481 e. The SMILES string of the molecule is Cc1nc(-c2c(C)c(C)nn(C)c2=O)sc1C(=O)NC(C)CC(=O)O. The summed E-state index contributed by atoms with van der Waals surface area (Å²) in [6, 6.07) is -0.507. The fourth-order valence-electron chi connectivity index (χ4n) is 2.42. The van der Waals surface area contributed by atoms with Gasteiger partial charge in [-0.15, -0.1) is 11.3 Å². The van der Waals surface area contributed by atoms with E-state index in [4.69, 9.17) is 5.11 Å². The number of hydrogen-bond donors (Lipinski definition) is 2. The number of thiazole rings is 1. The van der Waals surface area contributed by atoms with Gasteiger partial charge in [0.2, 0.25) is 0 Å². The Hall–Kier alpha value is -2.55. The Morgan fingerprint density at radius 1 is 1.28 bits per heavy atom. The predicted molar refractivity (Wildman–Crippen MR) is 94.0 cm³/mol. The number of rotatable bonds is 5. The minimum atomic E-state index is -0.985. The molecular weight excluding hydrogens is 344 g/mol. The molecule has 0 aliphatic carbocycles. The Morgan fingerprint density at radius 2 is 1.92 bits per heavy atom. The second kappa shape index (κ2) is 7.14. The van der Waals surface area contributed by atoms with Crippen LogP contribution in [0.4, 0.5) is 0 Å². The van der Waals surface area contributed by atoms with Crippen molar-refractivity contribution in [1.82, 2.24) is 20.1 Å². The molecule has 2 rings (SSSR count). The van der Waals surface area contributed by atoms with E-state index in [1.54, 1.807) is 34.7 Å². The van der Waals surface area contributed by atoms with E-state index < -0.39 is 17.9 Å². The van der Waals surface area contributed by atoms with E-state index in [2.05, 4.69) is 15.4 Å². The maximum Gasteiger partial charge on any atom is 0.305 e. The predicted octanol–water partition coefficient (Wildman–Crippen LogP) is 1.42. The highest BCUT2D eigenvalue weighted by Crippen LogP contribution is 2.28. The molecule has 0 saturated carbocycles. The summed E-state index contributed by atoms with van der Waals surface area (Å²) in [6.45, 7) is 6.91. The summed E-state index contributed by atoms with van der Waals surface area (Å²) in [5.41, 5.74) is 2.09. The standard InChI is InChI=1S/C16H20N4O4S/c1-7(6-11(21)22)17-14(23)13-10(4)18-15(25-13)12-8(2)9(3)19-20(5)16(12)24/h7H,6H2,1-5H3,(H,17,23)(H,21,22). The number of carbonyl (C=O) groups excluding carboxylic acids is 1. The molecule has 0 spiro atoms. The number of carboxylic acids is 1. The fraction of sp³-hybridized carbons (Fsp3) is 0.438. The highest BCUT2D eigenvalue weighted by Gasteiger charge is 2.22. The molecule has 1 amide bonds. The molecule has 0 aliphatic heterocycles. The molecule has 1 unspecified atom stereocenters. The summed E-state index contributed by atoms with van der Waals surface area (Å²) < 4.78 is 1.25. The van der Waals surface area contributed by atoms with Crippen LogP contribution in [0.3, 0.4) is 0 Å². The van der Waals surface area contributed by atoms with Crippen LogP contribution >= 0.6 is 11.3 Å². The summed E-state index contributed by atoms with van der Waals surface area (Å²) in [5, 5.41) is 16.0. The second-order valence-corrected chi connectivity index (χ2v) is 6.92. The van der Waals surface area contributed by atoms with Crippen LogP contribution in [0.25, 0.3) is 10.6 Å². The van der Waals surface area contributed by atoms with Crippen LogP contribution in [0.15, 0.2) is 4.79 Å². The lowest BCUT2D eigenvalue weighted by molar-refractivity contribution is -0.137. The van der Waals surface area contributed by atoms with Crippen molar-refractivity contribution in [1.29, 1.82) is 0 Å². The molecule has 2 aromatic rings.